The van der Waals surface area contributed by atoms with Crippen molar-refractivity contribution in [1.82, 2.24) is 25.1 Å². The van der Waals surface area contributed by atoms with Crippen LogP contribution in [-0.2, 0) is 6.54 Å². The van der Waals surface area contributed by atoms with Gasteiger partial charge in [0.25, 0.3) is 0 Å². The van der Waals surface area contributed by atoms with Crippen LogP contribution in [0, 0.1) is 13.8 Å². The minimum Gasteiger partial charge on any atom is -0.424 e. The van der Waals surface area contributed by atoms with E-state index in [1.165, 1.54) is 0 Å². The molecule has 0 atom stereocenters. The van der Waals surface area contributed by atoms with E-state index >= 15 is 0 Å². The molecule has 0 radical (unpaired) electrons. The van der Waals surface area contributed by atoms with E-state index in [2.05, 4.69) is 30.0 Å². The summed E-state index contributed by atoms with van der Waals surface area (Å²) < 4.78 is 5.41. The summed E-state index contributed by atoms with van der Waals surface area (Å²) in [7, 11) is 0. The van der Waals surface area contributed by atoms with Crippen molar-refractivity contribution in [3.8, 4) is 0 Å². The lowest BCUT2D eigenvalue weighted by Crippen LogP contribution is -2.46. The molecule has 1 aliphatic rings. The first-order valence-corrected chi connectivity index (χ1v) is 6.76. The number of anilines is 1. The van der Waals surface area contributed by atoms with Crippen molar-refractivity contribution in [3.63, 3.8) is 0 Å². The van der Waals surface area contributed by atoms with Crippen LogP contribution in [0.1, 0.15) is 17.5 Å². The molecule has 1 aliphatic heterocycles. The van der Waals surface area contributed by atoms with Crippen LogP contribution in [0.15, 0.2) is 16.7 Å². The minimum atomic E-state index is 0.617. The zero-order valence-electron chi connectivity index (χ0n) is 11.8. The van der Waals surface area contributed by atoms with Gasteiger partial charge in [-0.25, -0.2) is 9.97 Å². The highest BCUT2D eigenvalue weighted by atomic mass is 16.4. The predicted molar refractivity (Wildman–Crippen MR) is 73.3 cm³/mol. The Balaban J connectivity index is 1.57. The van der Waals surface area contributed by atoms with E-state index in [9.17, 15) is 0 Å². The molecular formula is C13H18N6O. The van der Waals surface area contributed by atoms with Crippen molar-refractivity contribution in [2.75, 3.05) is 31.1 Å². The molecule has 2 aromatic rings. The first kappa shape index (κ1) is 13.0. The molecule has 0 saturated carbocycles. The van der Waals surface area contributed by atoms with Gasteiger partial charge in [0.1, 0.15) is 0 Å². The molecule has 106 valence electrons. The summed E-state index contributed by atoms with van der Waals surface area (Å²) in [6, 6.07) is 1.91. The maximum atomic E-state index is 5.41. The third kappa shape index (κ3) is 2.93. The third-order valence-electron chi connectivity index (χ3n) is 3.36. The quantitative estimate of drug-likeness (QED) is 0.819. The van der Waals surface area contributed by atoms with Crippen LogP contribution in [0.4, 0.5) is 5.95 Å². The molecule has 1 fully saturated rings. The van der Waals surface area contributed by atoms with E-state index < -0.39 is 0 Å². The highest BCUT2D eigenvalue weighted by molar-refractivity contribution is 5.30. The lowest BCUT2D eigenvalue weighted by molar-refractivity contribution is 0.224. The summed E-state index contributed by atoms with van der Waals surface area (Å²) in [6.07, 6.45) is 1.81. The van der Waals surface area contributed by atoms with Crippen LogP contribution >= 0.6 is 0 Å². The van der Waals surface area contributed by atoms with Gasteiger partial charge in [-0.15, -0.1) is 10.2 Å². The fraction of sp³-hybridized carbons (Fsp3) is 0.538. The second-order valence-corrected chi connectivity index (χ2v) is 4.98. The molecule has 0 amide bonds. The summed E-state index contributed by atoms with van der Waals surface area (Å²) in [5.41, 5.74) is 0.999. The molecule has 7 heteroatoms. The number of aromatic nitrogens is 4. The fourth-order valence-corrected chi connectivity index (χ4v) is 2.29. The maximum absolute atomic E-state index is 5.41. The molecule has 0 aliphatic carbocycles. The average Bonchev–Trinajstić information content (AvgIpc) is 2.85. The van der Waals surface area contributed by atoms with Crippen molar-refractivity contribution in [1.29, 1.82) is 0 Å². The Hall–Kier alpha value is -2.02. The van der Waals surface area contributed by atoms with Gasteiger partial charge in [-0.05, 0) is 13.0 Å². The normalized spacial score (nSPS) is 16.6. The van der Waals surface area contributed by atoms with E-state index in [1.807, 2.05) is 26.1 Å². The van der Waals surface area contributed by atoms with Gasteiger partial charge in [-0.2, -0.15) is 0 Å². The van der Waals surface area contributed by atoms with Crippen molar-refractivity contribution in [2.24, 2.45) is 0 Å². The first-order chi connectivity index (χ1) is 9.70. The number of aryl methyl sites for hydroxylation is 2. The smallest absolute Gasteiger partial charge is 0.230 e. The Kier molecular flexibility index (Phi) is 3.60. The Morgan fingerprint density at radius 1 is 1.15 bits per heavy atom. The van der Waals surface area contributed by atoms with Gasteiger partial charge < -0.3 is 9.32 Å². The molecule has 1 saturated heterocycles. The summed E-state index contributed by atoms with van der Waals surface area (Å²) in [6.45, 7) is 8.22. The lowest BCUT2D eigenvalue weighted by Gasteiger charge is -2.33. The summed E-state index contributed by atoms with van der Waals surface area (Å²) in [4.78, 5) is 13.3. The highest BCUT2D eigenvalue weighted by Crippen LogP contribution is 2.12. The van der Waals surface area contributed by atoms with Crippen molar-refractivity contribution in [3.05, 3.63) is 29.7 Å². The number of hydrogen-bond acceptors (Lipinski definition) is 7. The zero-order valence-corrected chi connectivity index (χ0v) is 11.8. The molecule has 0 unspecified atom stereocenters. The molecular weight excluding hydrogens is 256 g/mol. The number of hydrogen-bond donors (Lipinski definition) is 0. The average molecular weight is 274 g/mol. The maximum Gasteiger partial charge on any atom is 0.230 e. The molecule has 2 aromatic heterocycles. The monoisotopic (exact) mass is 274 g/mol. The second-order valence-electron chi connectivity index (χ2n) is 4.98. The number of piperazine rings is 1. The van der Waals surface area contributed by atoms with Gasteiger partial charge in [0.15, 0.2) is 0 Å². The van der Waals surface area contributed by atoms with Gasteiger partial charge >= 0.3 is 0 Å². The van der Waals surface area contributed by atoms with Gasteiger partial charge in [0.2, 0.25) is 17.7 Å². The molecule has 0 aromatic carbocycles. The Labute approximate surface area is 117 Å². The Morgan fingerprint density at radius 2 is 1.95 bits per heavy atom. The van der Waals surface area contributed by atoms with Gasteiger partial charge in [-0.3, -0.25) is 4.90 Å². The van der Waals surface area contributed by atoms with E-state index in [4.69, 9.17) is 4.42 Å². The number of nitrogens with zero attached hydrogens (tertiary/aromatic N) is 6. The lowest BCUT2D eigenvalue weighted by atomic mass is 10.3. The SMILES string of the molecule is Cc1ccnc(N2CCN(Cc3nnc(C)o3)CC2)n1. The Morgan fingerprint density at radius 3 is 2.60 bits per heavy atom. The standard InChI is InChI=1S/C13H18N6O/c1-10-3-4-14-13(15-10)19-7-5-18(6-8-19)9-12-17-16-11(2)20-12/h3-4H,5-9H2,1-2H3. The predicted octanol–water partition coefficient (Wildman–Crippen LogP) is 0.799. The fourth-order valence-electron chi connectivity index (χ4n) is 2.29. The number of rotatable bonds is 3. The van der Waals surface area contributed by atoms with Crippen LogP contribution in [0.25, 0.3) is 0 Å². The molecule has 0 N–H and O–H groups in total. The molecule has 0 bridgehead atoms. The van der Waals surface area contributed by atoms with E-state index in [-0.39, 0.29) is 0 Å². The zero-order chi connectivity index (χ0) is 13.9. The molecule has 3 rings (SSSR count). The molecule has 3 heterocycles. The van der Waals surface area contributed by atoms with Crippen LogP contribution < -0.4 is 4.90 Å². The van der Waals surface area contributed by atoms with Crippen LogP contribution in [0.5, 0.6) is 0 Å². The molecule has 7 nitrogen and oxygen atoms in total. The molecule has 0 spiro atoms. The summed E-state index contributed by atoms with van der Waals surface area (Å²) in [5.74, 6) is 2.12. The van der Waals surface area contributed by atoms with Crippen molar-refractivity contribution < 1.29 is 4.42 Å². The van der Waals surface area contributed by atoms with E-state index in [0.717, 1.165) is 37.8 Å². The van der Waals surface area contributed by atoms with Crippen LogP contribution in [0.3, 0.4) is 0 Å². The van der Waals surface area contributed by atoms with E-state index in [1.54, 1.807) is 0 Å². The van der Waals surface area contributed by atoms with Crippen LogP contribution in [-0.4, -0.2) is 51.2 Å². The highest BCUT2D eigenvalue weighted by Gasteiger charge is 2.20. The van der Waals surface area contributed by atoms with Crippen molar-refractivity contribution in [2.45, 2.75) is 20.4 Å². The first-order valence-electron chi connectivity index (χ1n) is 6.76. The summed E-state index contributed by atoms with van der Waals surface area (Å²) in [5, 5.41) is 7.88. The van der Waals surface area contributed by atoms with Crippen molar-refractivity contribution >= 4 is 5.95 Å². The van der Waals surface area contributed by atoms with E-state index in [0.29, 0.717) is 18.3 Å². The van der Waals surface area contributed by atoms with Gasteiger partial charge in [-0.1, -0.05) is 0 Å². The molecule has 20 heavy (non-hydrogen) atoms. The summed E-state index contributed by atoms with van der Waals surface area (Å²) >= 11 is 0. The van der Waals surface area contributed by atoms with Gasteiger partial charge in [0, 0.05) is 45.0 Å². The second kappa shape index (κ2) is 5.54. The topological polar surface area (TPSA) is 71.2 Å². The minimum absolute atomic E-state index is 0.617. The van der Waals surface area contributed by atoms with Gasteiger partial charge in [0.05, 0.1) is 6.54 Å². The van der Waals surface area contributed by atoms with Crippen LogP contribution in [0.2, 0.25) is 0 Å². The largest absolute Gasteiger partial charge is 0.424 e. The Bertz CT molecular complexity index is 576. The third-order valence-corrected chi connectivity index (χ3v) is 3.36.